The predicted molar refractivity (Wildman–Crippen MR) is 107 cm³/mol. The number of nitrogens with one attached hydrogen (secondary N) is 2. The van der Waals surface area contributed by atoms with Gasteiger partial charge >= 0.3 is 6.09 Å². The fourth-order valence-corrected chi connectivity index (χ4v) is 2.86. The highest BCUT2D eigenvalue weighted by molar-refractivity contribution is 5.71. The monoisotopic (exact) mass is 388 g/mol. The van der Waals surface area contributed by atoms with Gasteiger partial charge in [0.15, 0.2) is 0 Å². The number of hydrogen-bond donors (Lipinski definition) is 3. The molecule has 0 aliphatic heterocycles. The van der Waals surface area contributed by atoms with Crippen LogP contribution in [0.1, 0.15) is 35.6 Å². The lowest BCUT2D eigenvalue weighted by Crippen LogP contribution is -2.24. The minimum absolute atomic E-state index is 0.264. The van der Waals surface area contributed by atoms with Crippen LogP contribution in [0.4, 0.5) is 10.5 Å². The highest BCUT2D eigenvalue weighted by Gasteiger charge is 2.12. The molecule has 2 aromatic rings. The van der Waals surface area contributed by atoms with E-state index in [1.807, 2.05) is 58.9 Å². The normalized spacial score (nSPS) is 11.6. The molecule has 2 aromatic carbocycles. The van der Waals surface area contributed by atoms with Crippen LogP contribution in [0.25, 0.3) is 0 Å². The number of hydrogen-bond acceptors (Lipinski definition) is 6. The van der Waals surface area contributed by atoms with Crippen molar-refractivity contribution in [2.45, 2.75) is 47.3 Å². The van der Waals surface area contributed by atoms with Crippen molar-refractivity contribution in [3.8, 4) is 11.5 Å². The van der Waals surface area contributed by atoms with E-state index < -0.39 is 6.09 Å². The first kappa shape index (κ1) is 21.5. The number of rotatable bonds is 8. The molecule has 1 atom stereocenters. The van der Waals surface area contributed by atoms with Crippen molar-refractivity contribution >= 4 is 11.8 Å². The molecule has 2 rings (SSSR count). The average molecular weight is 388 g/mol. The number of ether oxygens (including phenoxy) is 3. The molecule has 28 heavy (non-hydrogen) atoms. The van der Waals surface area contributed by atoms with Gasteiger partial charge in [0, 0.05) is 12.1 Å². The zero-order valence-electron chi connectivity index (χ0n) is 17.0. The van der Waals surface area contributed by atoms with E-state index in [1.165, 1.54) is 11.0 Å². The highest BCUT2D eigenvalue weighted by atomic mass is 16.7. The lowest BCUT2D eigenvalue weighted by atomic mass is 10.1. The minimum atomic E-state index is -0.926. The number of carbonyl (C=O) groups excluding carboxylic acids is 1. The molecule has 0 heterocycles. The molecule has 0 saturated carbocycles. The molecular weight excluding hydrogens is 360 g/mol. The third-order valence-electron chi connectivity index (χ3n) is 4.21. The quantitative estimate of drug-likeness (QED) is 0.348. The Balaban J connectivity index is 1.94. The lowest BCUT2D eigenvalue weighted by Gasteiger charge is -2.20. The van der Waals surface area contributed by atoms with Crippen LogP contribution in [0.15, 0.2) is 30.3 Å². The van der Waals surface area contributed by atoms with Gasteiger partial charge in [-0.25, -0.2) is 10.3 Å². The second-order valence-corrected chi connectivity index (χ2v) is 6.65. The summed E-state index contributed by atoms with van der Waals surface area (Å²) in [7, 11) is 0. The Morgan fingerprint density at radius 1 is 1.07 bits per heavy atom. The van der Waals surface area contributed by atoms with E-state index in [9.17, 15) is 4.79 Å². The second kappa shape index (κ2) is 9.96. The van der Waals surface area contributed by atoms with Crippen LogP contribution in [0, 0.1) is 27.7 Å². The summed E-state index contributed by atoms with van der Waals surface area (Å²) in [6.45, 7) is 9.96. The van der Waals surface area contributed by atoms with Crippen molar-refractivity contribution in [1.82, 2.24) is 5.48 Å². The number of hydroxylamine groups is 1. The summed E-state index contributed by atoms with van der Waals surface area (Å²) < 4.78 is 16.8. The fraction of sp³-hybridized carbons (Fsp3) is 0.381. The smallest absolute Gasteiger partial charge is 0.436 e. The summed E-state index contributed by atoms with van der Waals surface area (Å²) in [4.78, 5) is 11.2. The SMILES string of the molecule is CCC(OCNc1cc(C)c(OC(=O)NO)c(C)c1)Oc1ccc(C)cc1C. The third kappa shape index (κ3) is 5.87. The first-order chi connectivity index (χ1) is 13.3. The van der Waals surface area contributed by atoms with Crippen molar-refractivity contribution in [2.24, 2.45) is 0 Å². The Labute approximate surface area is 165 Å². The predicted octanol–water partition coefficient (Wildman–Crippen LogP) is 4.60. The molecule has 0 bridgehead atoms. The first-order valence-electron chi connectivity index (χ1n) is 9.16. The second-order valence-electron chi connectivity index (χ2n) is 6.65. The standard InChI is InChI=1S/C21H28N2O5/c1-6-19(27-18-8-7-13(2)9-14(18)3)26-12-22-17-10-15(4)20(16(5)11-17)28-21(24)23-25/h7-11,19,22,25H,6,12H2,1-5H3,(H,23,24). The number of carbonyl (C=O) groups is 1. The van der Waals surface area contributed by atoms with Gasteiger partial charge < -0.3 is 19.5 Å². The van der Waals surface area contributed by atoms with Gasteiger partial charge in [0.2, 0.25) is 6.29 Å². The van der Waals surface area contributed by atoms with Gasteiger partial charge in [-0.2, -0.15) is 0 Å². The number of anilines is 1. The number of aryl methyl sites for hydroxylation is 4. The Morgan fingerprint density at radius 3 is 2.32 bits per heavy atom. The number of amides is 1. The largest absolute Gasteiger partial charge is 0.465 e. The summed E-state index contributed by atoms with van der Waals surface area (Å²) in [5, 5.41) is 11.8. The molecule has 3 N–H and O–H groups in total. The molecule has 1 unspecified atom stereocenters. The van der Waals surface area contributed by atoms with Crippen molar-refractivity contribution < 1.29 is 24.2 Å². The molecule has 0 fully saturated rings. The summed E-state index contributed by atoms with van der Waals surface area (Å²) in [5.41, 5.74) is 6.05. The maximum absolute atomic E-state index is 11.2. The van der Waals surface area contributed by atoms with Gasteiger partial charge in [-0.15, -0.1) is 0 Å². The van der Waals surface area contributed by atoms with Crippen molar-refractivity contribution in [2.75, 3.05) is 12.0 Å². The highest BCUT2D eigenvalue weighted by Crippen LogP contribution is 2.27. The van der Waals surface area contributed by atoms with Gasteiger partial charge in [-0.1, -0.05) is 24.6 Å². The molecule has 7 nitrogen and oxygen atoms in total. The van der Waals surface area contributed by atoms with E-state index >= 15 is 0 Å². The van der Waals surface area contributed by atoms with Gasteiger partial charge in [0.1, 0.15) is 18.2 Å². The van der Waals surface area contributed by atoms with Crippen LogP contribution in [0.5, 0.6) is 11.5 Å². The van der Waals surface area contributed by atoms with Crippen LogP contribution in [-0.2, 0) is 4.74 Å². The summed E-state index contributed by atoms with van der Waals surface area (Å²) in [6, 6.07) is 9.72. The molecule has 0 radical (unpaired) electrons. The van der Waals surface area contributed by atoms with E-state index in [2.05, 4.69) is 11.4 Å². The lowest BCUT2D eigenvalue weighted by molar-refractivity contribution is -0.0749. The van der Waals surface area contributed by atoms with Crippen LogP contribution in [0.2, 0.25) is 0 Å². The Bertz CT molecular complexity index is 799. The number of benzene rings is 2. The van der Waals surface area contributed by atoms with E-state index in [4.69, 9.17) is 19.4 Å². The molecule has 7 heteroatoms. The zero-order valence-corrected chi connectivity index (χ0v) is 17.0. The van der Waals surface area contributed by atoms with Crippen LogP contribution >= 0.6 is 0 Å². The maximum atomic E-state index is 11.2. The van der Waals surface area contributed by atoms with Crippen molar-refractivity contribution in [3.63, 3.8) is 0 Å². The van der Waals surface area contributed by atoms with Gasteiger partial charge in [0.25, 0.3) is 0 Å². The topological polar surface area (TPSA) is 89.1 Å². The van der Waals surface area contributed by atoms with E-state index in [0.717, 1.165) is 28.1 Å². The maximum Gasteiger partial charge on any atom is 0.436 e. The summed E-state index contributed by atoms with van der Waals surface area (Å²) >= 11 is 0. The van der Waals surface area contributed by atoms with E-state index in [0.29, 0.717) is 12.2 Å². The van der Waals surface area contributed by atoms with Crippen molar-refractivity contribution in [1.29, 1.82) is 0 Å². The summed E-state index contributed by atoms with van der Waals surface area (Å²) in [5.74, 6) is 1.22. The molecule has 0 aromatic heterocycles. The molecule has 0 aliphatic rings. The Kier molecular flexibility index (Phi) is 7.66. The summed E-state index contributed by atoms with van der Waals surface area (Å²) in [6.07, 6.45) is -0.590. The Morgan fingerprint density at radius 2 is 1.75 bits per heavy atom. The first-order valence-corrected chi connectivity index (χ1v) is 9.16. The van der Waals surface area contributed by atoms with E-state index in [-0.39, 0.29) is 13.0 Å². The van der Waals surface area contributed by atoms with Gasteiger partial charge in [-0.05, 0) is 62.6 Å². The van der Waals surface area contributed by atoms with Gasteiger partial charge in [-0.3, -0.25) is 5.21 Å². The zero-order chi connectivity index (χ0) is 20.7. The molecule has 152 valence electrons. The molecule has 0 aliphatic carbocycles. The van der Waals surface area contributed by atoms with Crippen molar-refractivity contribution in [3.05, 3.63) is 52.6 Å². The van der Waals surface area contributed by atoms with Crippen LogP contribution in [0.3, 0.4) is 0 Å². The van der Waals surface area contributed by atoms with Crippen LogP contribution < -0.4 is 20.3 Å². The van der Waals surface area contributed by atoms with E-state index in [1.54, 1.807) is 0 Å². The fourth-order valence-electron chi connectivity index (χ4n) is 2.86. The minimum Gasteiger partial charge on any atom is -0.465 e. The van der Waals surface area contributed by atoms with Gasteiger partial charge in [0.05, 0.1) is 0 Å². The molecular formula is C21H28N2O5. The molecule has 1 amide bonds. The average Bonchev–Trinajstić information content (AvgIpc) is 2.65. The van der Waals surface area contributed by atoms with Crippen LogP contribution in [-0.4, -0.2) is 24.3 Å². The Hall–Kier alpha value is -2.77. The molecule has 0 spiro atoms. The molecule has 0 saturated heterocycles. The third-order valence-corrected chi connectivity index (χ3v) is 4.21.